The summed E-state index contributed by atoms with van der Waals surface area (Å²) < 4.78 is 0. The van der Waals surface area contributed by atoms with E-state index in [-0.39, 0.29) is 11.9 Å². The van der Waals surface area contributed by atoms with Crippen LogP contribution in [-0.2, 0) is 4.79 Å². The first-order valence-electron chi connectivity index (χ1n) is 9.27. The third kappa shape index (κ3) is 3.11. The minimum atomic E-state index is -0.157. The molecule has 2 aliphatic heterocycles. The van der Waals surface area contributed by atoms with E-state index in [2.05, 4.69) is 27.8 Å². The first-order valence-corrected chi connectivity index (χ1v) is 9.27. The zero-order valence-corrected chi connectivity index (χ0v) is 14.4. The molecule has 3 aliphatic rings. The number of nitrogens with zero attached hydrogens (tertiary/aromatic N) is 4. The fourth-order valence-corrected chi connectivity index (χ4v) is 4.22. The zero-order valence-electron chi connectivity index (χ0n) is 14.4. The molecule has 0 spiro atoms. The Morgan fingerprint density at radius 3 is 2.54 bits per heavy atom. The number of primary amides is 1. The predicted octanol–water partition coefficient (Wildman–Crippen LogP) is 1.58. The Bertz CT molecular complexity index is 622. The van der Waals surface area contributed by atoms with Gasteiger partial charge in [-0.15, -0.1) is 0 Å². The number of amides is 1. The lowest BCUT2D eigenvalue weighted by molar-refractivity contribution is -0.123. The van der Waals surface area contributed by atoms with Gasteiger partial charge >= 0.3 is 0 Å². The van der Waals surface area contributed by atoms with Gasteiger partial charge in [0.25, 0.3) is 0 Å². The molecule has 1 unspecified atom stereocenters. The van der Waals surface area contributed by atoms with E-state index in [4.69, 9.17) is 10.7 Å². The van der Waals surface area contributed by atoms with E-state index >= 15 is 0 Å². The maximum absolute atomic E-state index is 11.6. The second kappa shape index (κ2) is 6.31. The normalized spacial score (nSPS) is 26.0. The van der Waals surface area contributed by atoms with Gasteiger partial charge in [0.05, 0.1) is 6.04 Å². The Labute approximate surface area is 143 Å². The van der Waals surface area contributed by atoms with Crippen LogP contribution >= 0.6 is 0 Å². The summed E-state index contributed by atoms with van der Waals surface area (Å²) in [7, 11) is 0. The maximum Gasteiger partial charge on any atom is 0.234 e. The van der Waals surface area contributed by atoms with Crippen LogP contribution in [0, 0.1) is 6.92 Å². The summed E-state index contributed by atoms with van der Waals surface area (Å²) in [5.74, 6) is 2.54. The van der Waals surface area contributed by atoms with Crippen LogP contribution in [0.2, 0.25) is 0 Å². The molecule has 6 heteroatoms. The number of carbonyl (C=O) groups is 1. The zero-order chi connectivity index (χ0) is 16.7. The molecule has 6 nitrogen and oxygen atoms in total. The van der Waals surface area contributed by atoms with Gasteiger partial charge in [-0.2, -0.15) is 0 Å². The molecule has 3 heterocycles. The highest BCUT2D eigenvalue weighted by Crippen LogP contribution is 2.39. The van der Waals surface area contributed by atoms with E-state index in [1.165, 1.54) is 12.8 Å². The number of anilines is 1. The average molecular weight is 329 g/mol. The van der Waals surface area contributed by atoms with Crippen LogP contribution in [0.3, 0.4) is 0 Å². The molecule has 4 rings (SSSR count). The molecule has 1 amide bonds. The summed E-state index contributed by atoms with van der Waals surface area (Å²) in [4.78, 5) is 25.8. The van der Waals surface area contributed by atoms with Crippen molar-refractivity contribution < 1.29 is 4.79 Å². The number of rotatable bonds is 4. The molecule has 24 heavy (non-hydrogen) atoms. The summed E-state index contributed by atoms with van der Waals surface area (Å²) >= 11 is 0. The lowest BCUT2D eigenvalue weighted by atomic mass is 10.0. The van der Waals surface area contributed by atoms with Gasteiger partial charge in [-0.3, -0.25) is 9.69 Å². The van der Waals surface area contributed by atoms with Gasteiger partial charge in [-0.05, 0) is 52.0 Å². The Kier molecular flexibility index (Phi) is 4.16. The topological polar surface area (TPSA) is 75.3 Å². The van der Waals surface area contributed by atoms with Crippen LogP contribution in [-0.4, -0.2) is 52.5 Å². The van der Waals surface area contributed by atoms with Gasteiger partial charge in [0.15, 0.2) is 0 Å². The van der Waals surface area contributed by atoms with Crippen molar-refractivity contribution in [2.75, 3.05) is 24.5 Å². The lowest BCUT2D eigenvalue weighted by Gasteiger charge is -2.39. The summed E-state index contributed by atoms with van der Waals surface area (Å²) in [6.07, 6.45) is 6.62. The Balaban J connectivity index is 1.42. The van der Waals surface area contributed by atoms with E-state index < -0.39 is 0 Å². The van der Waals surface area contributed by atoms with Crippen molar-refractivity contribution >= 4 is 11.7 Å². The molecule has 0 bridgehead atoms. The molecule has 3 fully saturated rings. The molecule has 2 N–H and O–H groups in total. The SMILES string of the molecule is Cc1cc(N2CCC(N3CCCC3C(N)=O)CC2)nc(C2CC2)n1. The van der Waals surface area contributed by atoms with E-state index in [1.54, 1.807) is 0 Å². The molecular formula is C18H27N5O. The molecule has 1 aliphatic carbocycles. The number of aryl methyl sites for hydroxylation is 1. The van der Waals surface area contributed by atoms with Crippen molar-refractivity contribution in [3.05, 3.63) is 17.6 Å². The van der Waals surface area contributed by atoms with E-state index in [1.807, 2.05) is 0 Å². The smallest absolute Gasteiger partial charge is 0.234 e. The standard InChI is InChI=1S/C18H27N5O/c1-12-11-16(21-18(20-12)13-4-5-13)22-9-6-14(7-10-22)23-8-2-3-15(23)17(19)24/h11,13-15H,2-10H2,1H3,(H2,19,24). The number of piperidine rings is 1. The summed E-state index contributed by atoms with van der Waals surface area (Å²) in [6.45, 7) is 5.06. The number of hydrogen-bond donors (Lipinski definition) is 1. The van der Waals surface area contributed by atoms with Crippen LogP contribution in [0.5, 0.6) is 0 Å². The van der Waals surface area contributed by atoms with Crippen LogP contribution in [0.4, 0.5) is 5.82 Å². The Morgan fingerprint density at radius 1 is 1.12 bits per heavy atom. The first-order chi connectivity index (χ1) is 11.6. The minimum Gasteiger partial charge on any atom is -0.368 e. The van der Waals surface area contributed by atoms with Gasteiger partial charge in [-0.25, -0.2) is 9.97 Å². The van der Waals surface area contributed by atoms with Crippen LogP contribution in [0.25, 0.3) is 0 Å². The molecule has 1 saturated carbocycles. The minimum absolute atomic E-state index is 0.0516. The highest BCUT2D eigenvalue weighted by atomic mass is 16.1. The predicted molar refractivity (Wildman–Crippen MR) is 92.9 cm³/mol. The van der Waals surface area contributed by atoms with Crippen molar-refractivity contribution in [2.24, 2.45) is 5.73 Å². The van der Waals surface area contributed by atoms with E-state index in [9.17, 15) is 4.79 Å². The molecule has 1 atom stereocenters. The van der Waals surface area contributed by atoms with Crippen LogP contribution in [0.15, 0.2) is 6.07 Å². The number of aromatic nitrogens is 2. The van der Waals surface area contributed by atoms with Crippen molar-refractivity contribution in [1.82, 2.24) is 14.9 Å². The highest BCUT2D eigenvalue weighted by molar-refractivity contribution is 5.80. The molecule has 2 saturated heterocycles. The molecule has 0 radical (unpaired) electrons. The maximum atomic E-state index is 11.6. The van der Waals surface area contributed by atoms with Gasteiger partial charge < -0.3 is 10.6 Å². The quantitative estimate of drug-likeness (QED) is 0.908. The number of hydrogen-bond acceptors (Lipinski definition) is 5. The van der Waals surface area contributed by atoms with Crippen molar-refractivity contribution in [1.29, 1.82) is 0 Å². The van der Waals surface area contributed by atoms with Gasteiger partial charge in [-0.1, -0.05) is 0 Å². The Hall–Kier alpha value is -1.69. The molecule has 130 valence electrons. The van der Waals surface area contributed by atoms with Crippen molar-refractivity contribution in [3.63, 3.8) is 0 Å². The Morgan fingerprint density at radius 2 is 1.88 bits per heavy atom. The molecule has 1 aromatic heterocycles. The third-order valence-electron chi connectivity index (χ3n) is 5.68. The van der Waals surface area contributed by atoms with Gasteiger partial charge in [0.1, 0.15) is 11.6 Å². The highest BCUT2D eigenvalue weighted by Gasteiger charge is 2.36. The molecular weight excluding hydrogens is 302 g/mol. The summed E-state index contributed by atoms with van der Waals surface area (Å²) in [5, 5.41) is 0. The fourth-order valence-electron chi connectivity index (χ4n) is 4.22. The monoisotopic (exact) mass is 329 g/mol. The van der Waals surface area contributed by atoms with Gasteiger partial charge in [0, 0.05) is 36.8 Å². The summed E-state index contributed by atoms with van der Waals surface area (Å²) in [5.41, 5.74) is 6.64. The van der Waals surface area contributed by atoms with Crippen LogP contribution in [0.1, 0.15) is 56.0 Å². The fraction of sp³-hybridized carbons (Fsp3) is 0.722. The lowest BCUT2D eigenvalue weighted by Crippen LogP contribution is -2.50. The second-order valence-electron chi connectivity index (χ2n) is 7.52. The summed E-state index contributed by atoms with van der Waals surface area (Å²) in [6, 6.07) is 2.53. The number of likely N-dealkylation sites (tertiary alicyclic amines) is 1. The largest absolute Gasteiger partial charge is 0.368 e. The van der Waals surface area contributed by atoms with Crippen LogP contribution < -0.4 is 10.6 Å². The molecule has 0 aromatic carbocycles. The molecule has 1 aromatic rings. The average Bonchev–Trinajstić information content (AvgIpc) is 3.31. The second-order valence-corrected chi connectivity index (χ2v) is 7.52. The number of nitrogens with two attached hydrogens (primary N) is 1. The number of carbonyl (C=O) groups excluding carboxylic acids is 1. The van der Waals surface area contributed by atoms with Crippen molar-refractivity contribution in [3.8, 4) is 0 Å². The third-order valence-corrected chi connectivity index (χ3v) is 5.68. The first kappa shape index (κ1) is 15.8. The van der Waals surface area contributed by atoms with Crippen molar-refractivity contribution in [2.45, 2.75) is 63.5 Å². The van der Waals surface area contributed by atoms with E-state index in [0.29, 0.717) is 12.0 Å². The van der Waals surface area contributed by atoms with E-state index in [0.717, 1.165) is 62.7 Å². The van der Waals surface area contributed by atoms with Gasteiger partial charge in [0.2, 0.25) is 5.91 Å².